The van der Waals surface area contributed by atoms with E-state index in [1.54, 1.807) is 28.8 Å². The number of halogens is 2. The highest BCUT2D eigenvalue weighted by Gasteiger charge is 2.13. The first kappa shape index (κ1) is 19.7. The number of hydrogen-bond acceptors (Lipinski definition) is 5. The highest BCUT2D eigenvalue weighted by molar-refractivity contribution is 6.32. The van der Waals surface area contributed by atoms with Crippen LogP contribution in [0, 0.1) is 12.7 Å². The summed E-state index contributed by atoms with van der Waals surface area (Å²) in [6.45, 7) is 2.16. The Balaban J connectivity index is 2.03. The Bertz CT molecular complexity index is 1070. The van der Waals surface area contributed by atoms with Gasteiger partial charge in [0.2, 0.25) is 11.7 Å². The zero-order valence-electron chi connectivity index (χ0n) is 15.6. The monoisotopic (exact) mass is 403 g/mol. The summed E-state index contributed by atoms with van der Waals surface area (Å²) in [5, 5.41) is 3.54. The van der Waals surface area contributed by atoms with Crippen molar-refractivity contribution in [3.05, 3.63) is 74.9 Å². The minimum Gasteiger partial charge on any atom is -0.495 e. The summed E-state index contributed by atoms with van der Waals surface area (Å²) >= 11 is 6.22. The smallest absolute Gasteiger partial charge is 0.316 e. The third kappa shape index (κ3) is 4.26. The lowest BCUT2D eigenvalue weighted by molar-refractivity contribution is 0.402. The number of methoxy groups -OCH3 is 2. The molecule has 0 unspecified atom stereocenters. The average Bonchev–Trinajstić information content (AvgIpc) is 2.66. The van der Waals surface area contributed by atoms with E-state index in [4.69, 9.17) is 21.1 Å². The van der Waals surface area contributed by atoms with E-state index in [2.05, 4.69) is 10.3 Å². The highest BCUT2D eigenvalue weighted by atomic mass is 35.5. The Morgan fingerprint density at radius 1 is 1.18 bits per heavy atom. The fourth-order valence-corrected chi connectivity index (χ4v) is 2.97. The quantitative estimate of drug-likeness (QED) is 0.669. The Kier molecular flexibility index (Phi) is 5.84. The molecule has 2 aromatic carbocycles. The third-order valence-electron chi connectivity index (χ3n) is 4.17. The molecular formula is C20H19ClFN3O3. The molecule has 0 amide bonds. The van der Waals surface area contributed by atoms with Crippen molar-refractivity contribution in [1.29, 1.82) is 0 Å². The van der Waals surface area contributed by atoms with Crippen LogP contribution in [0.3, 0.4) is 0 Å². The van der Waals surface area contributed by atoms with Gasteiger partial charge in [0.15, 0.2) is 0 Å². The molecule has 3 rings (SSSR count). The molecule has 3 aromatic rings. The van der Waals surface area contributed by atoms with Gasteiger partial charge < -0.3 is 19.4 Å². The summed E-state index contributed by atoms with van der Waals surface area (Å²) in [6.07, 6.45) is 1.53. The van der Waals surface area contributed by atoms with Crippen molar-refractivity contribution in [2.45, 2.75) is 13.5 Å². The topological polar surface area (TPSA) is 65.4 Å². The van der Waals surface area contributed by atoms with Crippen molar-refractivity contribution in [3.63, 3.8) is 0 Å². The molecule has 1 N–H and O–H groups in total. The molecule has 0 aliphatic rings. The number of nitrogens with one attached hydrogen (secondary N) is 1. The summed E-state index contributed by atoms with van der Waals surface area (Å²) in [7, 11) is 2.93. The number of anilines is 2. The number of aromatic nitrogens is 2. The minimum atomic E-state index is -0.516. The van der Waals surface area contributed by atoms with Crippen LogP contribution >= 0.6 is 11.6 Å². The zero-order chi connectivity index (χ0) is 20.3. The largest absolute Gasteiger partial charge is 0.495 e. The third-order valence-corrected chi connectivity index (χ3v) is 4.47. The second-order valence-corrected chi connectivity index (χ2v) is 6.53. The van der Waals surface area contributed by atoms with Gasteiger partial charge in [-0.25, -0.2) is 4.39 Å². The van der Waals surface area contributed by atoms with Gasteiger partial charge in [-0.15, -0.1) is 0 Å². The maximum absolute atomic E-state index is 13.6. The van der Waals surface area contributed by atoms with Gasteiger partial charge in [-0.05, 0) is 42.3 Å². The molecule has 1 heterocycles. The zero-order valence-corrected chi connectivity index (χ0v) is 16.4. The first-order valence-corrected chi connectivity index (χ1v) is 8.80. The molecule has 0 atom stereocenters. The van der Waals surface area contributed by atoms with E-state index in [-0.39, 0.29) is 24.1 Å². The predicted octanol–water partition coefficient (Wildman–Crippen LogP) is 4.15. The molecule has 0 spiro atoms. The van der Waals surface area contributed by atoms with Gasteiger partial charge in [0.25, 0.3) is 0 Å². The Morgan fingerprint density at radius 3 is 2.61 bits per heavy atom. The second kappa shape index (κ2) is 8.31. The number of ether oxygens (including phenoxy) is 2. The van der Waals surface area contributed by atoms with Crippen LogP contribution in [-0.4, -0.2) is 23.8 Å². The molecule has 1 aromatic heterocycles. The van der Waals surface area contributed by atoms with Gasteiger partial charge in [0, 0.05) is 5.69 Å². The van der Waals surface area contributed by atoms with Crippen LogP contribution in [0.4, 0.5) is 16.0 Å². The first-order chi connectivity index (χ1) is 13.4. The van der Waals surface area contributed by atoms with Gasteiger partial charge in [-0.3, -0.25) is 4.79 Å². The SMILES string of the molecule is COc1cc(C)c(Nc2nc(=O)c(OC)cn2Cc2cccc(F)c2)cc1Cl. The molecule has 8 heteroatoms. The summed E-state index contributed by atoms with van der Waals surface area (Å²) in [6, 6.07) is 9.67. The maximum Gasteiger partial charge on any atom is 0.316 e. The minimum absolute atomic E-state index is 0.0893. The maximum atomic E-state index is 13.6. The molecule has 6 nitrogen and oxygen atoms in total. The highest BCUT2D eigenvalue weighted by Crippen LogP contribution is 2.32. The van der Waals surface area contributed by atoms with Crippen LogP contribution in [0.15, 0.2) is 47.4 Å². The van der Waals surface area contributed by atoms with Crippen LogP contribution in [0.5, 0.6) is 11.5 Å². The molecule has 0 saturated carbocycles. The number of rotatable bonds is 6. The van der Waals surface area contributed by atoms with Gasteiger partial charge in [0.05, 0.1) is 32.0 Å². The van der Waals surface area contributed by atoms with Gasteiger partial charge in [-0.1, -0.05) is 23.7 Å². The fraction of sp³-hybridized carbons (Fsp3) is 0.200. The fourth-order valence-electron chi connectivity index (χ4n) is 2.73. The molecule has 0 aliphatic heterocycles. The molecule has 0 fully saturated rings. The Morgan fingerprint density at radius 2 is 1.93 bits per heavy atom. The normalized spacial score (nSPS) is 10.6. The van der Waals surface area contributed by atoms with Crippen molar-refractivity contribution in [3.8, 4) is 11.5 Å². The second-order valence-electron chi connectivity index (χ2n) is 6.12. The van der Waals surface area contributed by atoms with E-state index in [9.17, 15) is 9.18 Å². The number of hydrogen-bond donors (Lipinski definition) is 1. The van der Waals surface area contributed by atoms with Crippen molar-refractivity contribution in [2.24, 2.45) is 0 Å². The van der Waals surface area contributed by atoms with E-state index >= 15 is 0 Å². The Labute approximate surface area is 166 Å². The molecule has 0 bridgehead atoms. The van der Waals surface area contributed by atoms with Crippen LogP contribution in [-0.2, 0) is 6.54 Å². The predicted molar refractivity (Wildman–Crippen MR) is 107 cm³/mol. The van der Waals surface area contributed by atoms with Crippen LogP contribution in [0.2, 0.25) is 5.02 Å². The lowest BCUT2D eigenvalue weighted by Gasteiger charge is -2.17. The summed E-state index contributed by atoms with van der Waals surface area (Å²) < 4.78 is 25.5. The van der Waals surface area contributed by atoms with Crippen molar-refractivity contribution >= 4 is 23.2 Å². The number of benzene rings is 2. The summed E-state index contributed by atoms with van der Waals surface area (Å²) in [4.78, 5) is 16.3. The summed E-state index contributed by atoms with van der Waals surface area (Å²) in [5.41, 5.74) is 1.71. The van der Waals surface area contributed by atoms with Crippen LogP contribution < -0.4 is 20.3 Å². The van der Waals surface area contributed by atoms with E-state index < -0.39 is 5.56 Å². The van der Waals surface area contributed by atoms with Crippen molar-refractivity contribution in [2.75, 3.05) is 19.5 Å². The van der Waals surface area contributed by atoms with Gasteiger partial charge in [-0.2, -0.15) is 4.98 Å². The lowest BCUT2D eigenvalue weighted by Crippen LogP contribution is -2.19. The van der Waals surface area contributed by atoms with Gasteiger partial charge >= 0.3 is 5.56 Å². The first-order valence-electron chi connectivity index (χ1n) is 8.42. The average molecular weight is 404 g/mol. The van der Waals surface area contributed by atoms with E-state index in [0.717, 1.165) is 5.56 Å². The summed E-state index contributed by atoms with van der Waals surface area (Å²) in [5.74, 6) is 0.571. The molecule has 0 aliphatic carbocycles. The van der Waals surface area contributed by atoms with Gasteiger partial charge in [0.1, 0.15) is 11.6 Å². The lowest BCUT2D eigenvalue weighted by atomic mass is 10.2. The molecule has 146 valence electrons. The van der Waals surface area contributed by atoms with Crippen LogP contribution in [0.1, 0.15) is 11.1 Å². The number of aryl methyl sites for hydroxylation is 1. The number of nitrogens with zero attached hydrogens (tertiary/aromatic N) is 2. The molecular weight excluding hydrogens is 385 g/mol. The van der Waals surface area contributed by atoms with E-state index in [0.29, 0.717) is 22.0 Å². The van der Waals surface area contributed by atoms with Crippen molar-refractivity contribution < 1.29 is 13.9 Å². The Hall–Kier alpha value is -3.06. The van der Waals surface area contributed by atoms with E-state index in [1.165, 1.54) is 32.5 Å². The standard InChI is InChI=1S/C20H19ClFN3O3/c1-12-7-17(27-2)15(21)9-16(12)23-20-24-19(26)18(28-3)11-25(20)10-13-5-4-6-14(22)8-13/h4-9,11H,10H2,1-3H3,(H,23,24,26). The van der Waals surface area contributed by atoms with Crippen LogP contribution in [0.25, 0.3) is 0 Å². The molecule has 28 heavy (non-hydrogen) atoms. The van der Waals surface area contributed by atoms with Crippen molar-refractivity contribution in [1.82, 2.24) is 9.55 Å². The molecule has 0 saturated heterocycles. The van der Waals surface area contributed by atoms with E-state index in [1.807, 2.05) is 6.92 Å². The molecule has 0 radical (unpaired) electrons.